The fourth-order valence-electron chi connectivity index (χ4n) is 1.93. The van der Waals surface area contributed by atoms with Crippen LogP contribution in [0.2, 0.25) is 0 Å². The number of carbonyl (C=O) groups is 2. The molecule has 1 aliphatic rings. The molecule has 0 fully saturated rings. The smallest absolute Gasteiger partial charge is 0.407 e. The van der Waals surface area contributed by atoms with Crippen molar-refractivity contribution in [2.75, 3.05) is 13.1 Å². The Morgan fingerprint density at radius 1 is 1.44 bits per heavy atom. The van der Waals surface area contributed by atoms with Gasteiger partial charge in [-0.05, 0) is 29.7 Å². The van der Waals surface area contributed by atoms with Gasteiger partial charge in [0.25, 0.3) is 0 Å². The monoisotopic (exact) mass is 249 g/mol. The quantitative estimate of drug-likeness (QED) is 0.819. The molecule has 1 amide bonds. The highest BCUT2D eigenvalue weighted by Crippen LogP contribution is 2.23. The number of halogens is 1. The van der Waals surface area contributed by atoms with Gasteiger partial charge in [0.15, 0.2) is 6.29 Å². The van der Waals surface area contributed by atoms with Gasteiger partial charge in [-0.15, -0.1) is 0 Å². The highest BCUT2D eigenvalue weighted by Gasteiger charge is 2.17. The summed E-state index contributed by atoms with van der Waals surface area (Å²) in [5.41, 5.74) is 1.63. The van der Waals surface area contributed by atoms with Gasteiger partial charge in [-0.3, -0.25) is 4.79 Å². The van der Waals surface area contributed by atoms with Crippen LogP contribution in [0.1, 0.15) is 22.3 Å². The molecule has 1 N–H and O–H groups in total. The van der Waals surface area contributed by atoms with Gasteiger partial charge in [-0.25, -0.2) is 9.18 Å². The summed E-state index contributed by atoms with van der Waals surface area (Å²) in [5.74, 6) is -0.552. The minimum Gasteiger partial charge on any atom is -0.465 e. The van der Waals surface area contributed by atoms with Crippen LogP contribution in [-0.2, 0) is 0 Å². The minimum atomic E-state index is -0.951. The van der Waals surface area contributed by atoms with E-state index >= 15 is 0 Å². The van der Waals surface area contributed by atoms with Crippen molar-refractivity contribution in [3.8, 4) is 0 Å². The molecule has 94 valence electrons. The molecular weight excluding hydrogens is 237 g/mol. The molecule has 0 aromatic heterocycles. The van der Waals surface area contributed by atoms with E-state index in [1.165, 1.54) is 17.0 Å². The Bertz CT molecular complexity index is 525. The third-order valence-electron chi connectivity index (χ3n) is 2.98. The third-order valence-corrected chi connectivity index (χ3v) is 2.98. The third kappa shape index (κ3) is 2.40. The predicted octanol–water partition coefficient (Wildman–Crippen LogP) is 2.41. The Labute approximate surface area is 103 Å². The summed E-state index contributed by atoms with van der Waals surface area (Å²) in [7, 11) is 0. The number of nitrogens with zero attached hydrogens (tertiary/aromatic N) is 1. The molecule has 0 spiro atoms. The normalized spacial score (nSPS) is 15.2. The standard InChI is InChI=1S/C13H12FNO3/c14-12-7-10(1-2-11(12)8-16)9-3-5-15(6-4-9)13(17)18/h1-3,7-8H,4-6H2,(H,17,18). The summed E-state index contributed by atoms with van der Waals surface area (Å²) in [6.45, 7) is 0.708. The van der Waals surface area contributed by atoms with E-state index in [1.807, 2.05) is 0 Å². The van der Waals surface area contributed by atoms with E-state index in [0.717, 1.165) is 5.57 Å². The van der Waals surface area contributed by atoms with Crippen molar-refractivity contribution in [2.45, 2.75) is 6.42 Å². The molecule has 0 saturated heterocycles. The van der Waals surface area contributed by atoms with Gasteiger partial charge in [0.05, 0.1) is 5.56 Å². The van der Waals surface area contributed by atoms with Gasteiger partial charge in [0.2, 0.25) is 0 Å². The first-order valence-electron chi connectivity index (χ1n) is 5.54. The summed E-state index contributed by atoms with van der Waals surface area (Å²) in [6, 6.07) is 4.42. The van der Waals surface area contributed by atoms with Gasteiger partial charge >= 0.3 is 6.09 Å². The number of amides is 1. The molecule has 0 atom stereocenters. The molecule has 0 aliphatic carbocycles. The van der Waals surface area contributed by atoms with E-state index in [0.29, 0.717) is 31.4 Å². The fraction of sp³-hybridized carbons (Fsp3) is 0.231. The van der Waals surface area contributed by atoms with E-state index in [9.17, 15) is 14.0 Å². The Morgan fingerprint density at radius 3 is 2.72 bits per heavy atom. The van der Waals surface area contributed by atoms with Gasteiger partial charge < -0.3 is 10.0 Å². The van der Waals surface area contributed by atoms with Gasteiger partial charge in [-0.2, -0.15) is 0 Å². The second-order valence-electron chi connectivity index (χ2n) is 4.06. The van der Waals surface area contributed by atoms with Crippen molar-refractivity contribution in [1.82, 2.24) is 4.90 Å². The Balaban J connectivity index is 2.21. The van der Waals surface area contributed by atoms with Crippen molar-refractivity contribution >= 4 is 18.0 Å². The topological polar surface area (TPSA) is 57.6 Å². The van der Waals surface area contributed by atoms with Crippen LogP contribution < -0.4 is 0 Å². The lowest BCUT2D eigenvalue weighted by Gasteiger charge is -2.23. The maximum atomic E-state index is 13.4. The van der Waals surface area contributed by atoms with Gasteiger partial charge in [0.1, 0.15) is 5.82 Å². The van der Waals surface area contributed by atoms with Crippen molar-refractivity contribution in [1.29, 1.82) is 0 Å². The average molecular weight is 249 g/mol. The number of hydrogen-bond acceptors (Lipinski definition) is 2. The molecule has 0 radical (unpaired) electrons. The predicted molar refractivity (Wildman–Crippen MR) is 64.0 cm³/mol. The first-order chi connectivity index (χ1) is 8.61. The highest BCUT2D eigenvalue weighted by molar-refractivity contribution is 5.77. The second kappa shape index (κ2) is 5.00. The van der Waals surface area contributed by atoms with Crippen LogP contribution in [0.3, 0.4) is 0 Å². The average Bonchev–Trinajstić information content (AvgIpc) is 2.38. The van der Waals surface area contributed by atoms with E-state index in [1.54, 1.807) is 12.1 Å². The molecule has 4 nitrogen and oxygen atoms in total. The lowest BCUT2D eigenvalue weighted by atomic mass is 9.98. The Morgan fingerprint density at radius 2 is 2.22 bits per heavy atom. The number of carboxylic acid groups (broad SMARTS) is 1. The molecule has 1 aromatic carbocycles. The van der Waals surface area contributed by atoms with Crippen LogP contribution in [0, 0.1) is 5.82 Å². The van der Waals surface area contributed by atoms with E-state index in [4.69, 9.17) is 5.11 Å². The second-order valence-corrected chi connectivity index (χ2v) is 4.06. The molecule has 0 saturated carbocycles. The Kier molecular flexibility index (Phi) is 3.41. The first kappa shape index (κ1) is 12.3. The maximum Gasteiger partial charge on any atom is 0.407 e. The van der Waals surface area contributed by atoms with Crippen LogP contribution >= 0.6 is 0 Å². The summed E-state index contributed by atoms with van der Waals surface area (Å²) < 4.78 is 13.4. The summed E-state index contributed by atoms with van der Waals surface area (Å²) in [5, 5.41) is 8.81. The van der Waals surface area contributed by atoms with E-state index < -0.39 is 11.9 Å². The molecule has 0 unspecified atom stereocenters. The zero-order valence-electron chi connectivity index (χ0n) is 9.60. The van der Waals surface area contributed by atoms with Crippen LogP contribution in [0.4, 0.5) is 9.18 Å². The Hall–Kier alpha value is -2.17. The van der Waals surface area contributed by atoms with Crippen molar-refractivity contribution in [3.63, 3.8) is 0 Å². The molecule has 1 aromatic rings. The molecule has 0 bridgehead atoms. The van der Waals surface area contributed by atoms with Crippen LogP contribution in [0.15, 0.2) is 24.3 Å². The van der Waals surface area contributed by atoms with Crippen molar-refractivity contribution < 1.29 is 19.1 Å². The number of hydrogen-bond donors (Lipinski definition) is 1. The van der Waals surface area contributed by atoms with Gasteiger partial charge in [-0.1, -0.05) is 12.1 Å². The van der Waals surface area contributed by atoms with Crippen molar-refractivity contribution in [2.24, 2.45) is 0 Å². The molecule has 2 rings (SSSR count). The molecule has 18 heavy (non-hydrogen) atoms. The highest BCUT2D eigenvalue weighted by atomic mass is 19.1. The van der Waals surface area contributed by atoms with Crippen LogP contribution in [0.5, 0.6) is 0 Å². The minimum absolute atomic E-state index is 0.0299. The van der Waals surface area contributed by atoms with Gasteiger partial charge in [0, 0.05) is 13.1 Å². The summed E-state index contributed by atoms with van der Waals surface area (Å²) in [6.07, 6.45) is 1.84. The lowest BCUT2D eigenvalue weighted by Crippen LogP contribution is -2.33. The molecule has 5 heteroatoms. The zero-order valence-corrected chi connectivity index (χ0v) is 9.60. The van der Waals surface area contributed by atoms with Crippen LogP contribution in [0.25, 0.3) is 5.57 Å². The first-order valence-corrected chi connectivity index (χ1v) is 5.54. The molecule has 1 aliphatic heterocycles. The molecular formula is C13H12FNO3. The van der Waals surface area contributed by atoms with Crippen LogP contribution in [-0.4, -0.2) is 35.5 Å². The fourth-order valence-corrected chi connectivity index (χ4v) is 1.93. The van der Waals surface area contributed by atoms with Crippen molar-refractivity contribution in [3.05, 3.63) is 41.2 Å². The van der Waals surface area contributed by atoms with E-state index in [2.05, 4.69) is 0 Å². The number of rotatable bonds is 2. The molecule has 1 heterocycles. The number of aldehydes is 1. The lowest BCUT2D eigenvalue weighted by molar-refractivity contribution is 0.111. The number of benzene rings is 1. The number of carbonyl (C=O) groups excluding carboxylic acids is 1. The van der Waals surface area contributed by atoms with E-state index in [-0.39, 0.29) is 5.56 Å². The summed E-state index contributed by atoms with van der Waals surface area (Å²) >= 11 is 0. The zero-order chi connectivity index (χ0) is 13.1. The maximum absolute atomic E-state index is 13.4. The SMILES string of the molecule is O=Cc1ccc(C2=CCN(C(=O)O)CC2)cc1F. The largest absolute Gasteiger partial charge is 0.465 e. The summed E-state index contributed by atoms with van der Waals surface area (Å²) in [4.78, 5) is 22.5.